The number of nitrogens with zero attached hydrogens (tertiary/aromatic N) is 1. The summed E-state index contributed by atoms with van der Waals surface area (Å²) in [6.07, 6.45) is -4.72. The minimum atomic E-state index is -4.49. The molecule has 1 rings (SSSR count). The van der Waals surface area contributed by atoms with Gasteiger partial charge >= 0.3 is 12.1 Å². The summed E-state index contributed by atoms with van der Waals surface area (Å²) in [5.74, 6) is -2.26. The maximum Gasteiger partial charge on any atom is 0.411 e. The number of carbonyl (C=O) groups is 2. The molecule has 5 nitrogen and oxygen atoms in total. The number of hydrogen-bond acceptors (Lipinski definition) is 3. The largest absolute Gasteiger partial charge is 0.481 e. The maximum atomic E-state index is 12.0. The van der Waals surface area contributed by atoms with Crippen molar-refractivity contribution >= 4 is 11.9 Å². The average molecular weight is 283 g/mol. The molecule has 8 heteroatoms. The fourth-order valence-corrected chi connectivity index (χ4v) is 1.93. The highest BCUT2D eigenvalue weighted by Gasteiger charge is 2.33. The predicted octanol–water partition coefficient (Wildman–Crippen LogP) is 1.28. The molecule has 0 aromatic heterocycles. The zero-order chi connectivity index (χ0) is 14.6. The average Bonchev–Trinajstić information content (AvgIpc) is 2.34. The highest BCUT2D eigenvalue weighted by Crippen LogP contribution is 2.19. The van der Waals surface area contributed by atoms with Gasteiger partial charge in [-0.3, -0.25) is 9.59 Å². The van der Waals surface area contributed by atoms with Crippen molar-refractivity contribution in [3.8, 4) is 0 Å². The molecule has 1 N–H and O–H groups in total. The molecule has 0 unspecified atom stereocenters. The molecule has 0 spiro atoms. The number of amides is 1. The third-order valence-electron chi connectivity index (χ3n) is 2.93. The van der Waals surface area contributed by atoms with Crippen LogP contribution in [0.1, 0.15) is 19.8 Å². The Morgan fingerprint density at radius 1 is 1.47 bits per heavy atom. The third kappa shape index (κ3) is 5.06. The van der Waals surface area contributed by atoms with Crippen LogP contribution in [0.4, 0.5) is 13.2 Å². The molecule has 1 fully saturated rings. The third-order valence-corrected chi connectivity index (χ3v) is 2.93. The normalized spacial score (nSPS) is 22.1. The standard InChI is InChI=1S/C11H16F3NO4/c1-7(19-6-11(12,13)14)9(16)15-4-2-3-8(5-15)10(17)18/h7-8H,2-6H2,1H3,(H,17,18)/t7-,8-/m1/s1. The molecule has 0 saturated carbocycles. The number of alkyl halides is 3. The van der Waals surface area contributed by atoms with Gasteiger partial charge < -0.3 is 14.7 Å². The van der Waals surface area contributed by atoms with Crippen LogP contribution in [0, 0.1) is 5.92 Å². The number of halogens is 3. The van der Waals surface area contributed by atoms with E-state index in [1.54, 1.807) is 0 Å². The molecule has 1 heterocycles. The molecule has 0 aromatic carbocycles. The van der Waals surface area contributed by atoms with Gasteiger partial charge in [0.25, 0.3) is 5.91 Å². The van der Waals surface area contributed by atoms with Crippen molar-refractivity contribution in [3.05, 3.63) is 0 Å². The van der Waals surface area contributed by atoms with Gasteiger partial charge in [-0.05, 0) is 19.8 Å². The topological polar surface area (TPSA) is 66.8 Å². The Morgan fingerprint density at radius 2 is 2.11 bits per heavy atom. The highest BCUT2D eigenvalue weighted by atomic mass is 19.4. The van der Waals surface area contributed by atoms with Crippen LogP contribution in [0.25, 0.3) is 0 Å². The SMILES string of the molecule is C[C@@H](OCC(F)(F)F)C(=O)N1CCC[C@@H](C(=O)O)C1. The van der Waals surface area contributed by atoms with Gasteiger partial charge in [-0.25, -0.2) is 0 Å². The minimum Gasteiger partial charge on any atom is -0.481 e. The monoisotopic (exact) mass is 283 g/mol. The molecule has 1 amide bonds. The number of piperidine rings is 1. The summed E-state index contributed by atoms with van der Waals surface area (Å²) in [5, 5.41) is 8.87. The van der Waals surface area contributed by atoms with Gasteiger partial charge in [0, 0.05) is 13.1 Å². The van der Waals surface area contributed by atoms with Crippen molar-refractivity contribution in [2.24, 2.45) is 5.92 Å². The molecule has 0 bridgehead atoms. The first-order valence-corrected chi connectivity index (χ1v) is 5.90. The Bertz CT molecular complexity index is 345. The predicted molar refractivity (Wildman–Crippen MR) is 58.4 cm³/mol. The van der Waals surface area contributed by atoms with Gasteiger partial charge in [-0.2, -0.15) is 13.2 Å². The Morgan fingerprint density at radius 3 is 2.63 bits per heavy atom. The first kappa shape index (κ1) is 15.7. The van der Waals surface area contributed by atoms with E-state index < -0.39 is 36.7 Å². The van der Waals surface area contributed by atoms with Gasteiger partial charge in [0.05, 0.1) is 5.92 Å². The maximum absolute atomic E-state index is 12.0. The summed E-state index contributed by atoms with van der Waals surface area (Å²) in [5.41, 5.74) is 0. The lowest BCUT2D eigenvalue weighted by molar-refractivity contribution is -0.189. The van der Waals surface area contributed by atoms with Crippen molar-refractivity contribution in [3.63, 3.8) is 0 Å². The van der Waals surface area contributed by atoms with Crippen LogP contribution in [-0.4, -0.2) is 53.9 Å². The zero-order valence-electron chi connectivity index (χ0n) is 10.4. The van der Waals surface area contributed by atoms with Gasteiger partial charge in [-0.15, -0.1) is 0 Å². The van der Waals surface area contributed by atoms with E-state index >= 15 is 0 Å². The van der Waals surface area contributed by atoms with Crippen LogP contribution in [0.15, 0.2) is 0 Å². The van der Waals surface area contributed by atoms with Gasteiger partial charge in [0.15, 0.2) is 0 Å². The molecule has 1 aliphatic rings. The number of likely N-dealkylation sites (tertiary alicyclic amines) is 1. The first-order chi connectivity index (χ1) is 8.70. The van der Waals surface area contributed by atoms with Crippen LogP contribution in [0.2, 0.25) is 0 Å². The lowest BCUT2D eigenvalue weighted by Crippen LogP contribution is -2.47. The summed E-state index contributed by atoms with van der Waals surface area (Å²) in [6.45, 7) is 0.116. The number of hydrogen-bond donors (Lipinski definition) is 1. The quantitative estimate of drug-likeness (QED) is 0.844. The molecule has 19 heavy (non-hydrogen) atoms. The number of aliphatic carboxylic acids is 1. The summed E-state index contributed by atoms with van der Waals surface area (Å²) in [6, 6.07) is 0. The Labute approximate surface area is 108 Å². The van der Waals surface area contributed by atoms with E-state index in [0.29, 0.717) is 19.4 Å². The number of ether oxygens (including phenoxy) is 1. The number of carbonyl (C=O) groups excluding carboxylic acids is 1. The van der Waals surface area contributed by atoms with Crippen LogP contribution >= 0.6 is 0 Å². The summed E-state index contributed by atoms with van der Waals surface area (Å²) < 4.78 is 40.3. The molecule has 0 aromatic rings. The van der Waals surface area contributed by atoms with Crippen LogP contribution in [0.5, 0.6) is 0 Å². The zero-order valence-corrected chi connectivity index (χ0v) is 10.4. The molecule has 2 atom stereocenters. The van der Waals surface area contributed by atoms with E-state index in [1.807, 2.05) is 0 Å². The molecule has 110 valence electrons. The van der Waals surface area contributed by atoms with Crippen molar-refractivity contribution < 1.29 is 32.6 Å². The van der Waals surface area contributed by atoms with Gasteiger partial charge in [0.1, 0.15) is 12.7 Å². The fraction of sp³-hybridized carbons (Fsp3) is 0.818. The summed E-state index contributed by atoms with van der Waals surface area (Å²) in [4.78, 5) is 23.9. The Balaban J connectivity index is 2.49. The molecular weight excluding hydrogens is 267 g/mol. The molecule has 0 aliphatic carbocycles. The molecular formula is C11H16F3NO4. The lowest BCUT2D eigenvalue weighted by atomic mass is 9.98. The van der Waals surface area contributed by atoms with E-state index in [0.717, 1.165) is 0 Å². The molecule has 0 radical (unpaired) electrons. The first-order valence-electron chi connectivity index (χ1n) is 5.90. The minimum absolute atomic E-state index is 0.0217. The smallest absolute Gasteiger partial charge is 0.411 e. The lowest BCUT2D eigenvalue weighted by Gasteiger charge is -2.32. The van der Waals surface area contributed by atoms with E-state index in [1.165, 1.54) is 11.8 Å². The second-order valence-corrected chi connectivity index (χ2v) is 4.53. The second-order valence-electron chi connectivity index (χ2n) is 4.53. The van der Waals surface area contributed by atoms with Crippen molar-refractivity contribution in [2.75, 3.05) is 19.7 Å². The summed E-state index contributed by atoms with van der Waals surface area (Å²) in [7, 11) is 0. The highest BCUT2D eigenvalue weighted by molar-refractivity contribution is 5.81. The van der Waals surface area contributed by atoms with E-state index in [2.05, 4.69) is 4.74 Å². The van der Waals surface area contributed by atoms with Gasteiger partial charge in [-0.1, -0.05) is 0 Å². The van der Waals surface area contributed by atoms with Crippen molar-refractivity contribution in [2.45, 2.75) is 32.0 Å². The van der Waals surface area contributed by atoms with Crippen molar-refractivity contribution in [1.29, 1.82) is 0 Å². The van der Waals surface area contributed by atoms with Crippen LogP contribution in [0.3, 0.4) is 0 Å². The number of carboxylic acids is 1. The fourth-order valence-electron chi connectivity index (χ4n) is 1.93. The van der Waals surface area contributed by atoms with E-state index in [-0.39, 0.29) is 6.54 Å². The number of rotatable bonds is 4. The van der Waals surface area contributed by atoms with Crippen molar-refractivity contribution in [1.82, 2.24) is 4.90 Å². The molecule has 1 aliphatic heterocycles. The summed E-state index contributed by atoms with van der Waals surface area (Å²) >= 11 is 0. The Kier molecular flexibility index (Phi) is 5.16. The van der Waals surface area contributed by atoms with E-state index in [9.17, 15) is 22.8 Å². The molecule has 1 saturated heterocycles. The van der Waals surface area contributed by atoms with Crippen LogP contribution in [-0.2, 0) is 14.3 Å². The number of carboxylic acid groups (broad SMARTS) is 1. The Hall–Kier alpha value is -1.31. The van der Waals surface area contributed by atoms with E-state index in [4.69, 9.17) is 5.11 Å². The van der Waals surface area contributed by atoms with Gasteiger partial charge in [0.2, 0.25) is 0 Å². The second kappa shape index (κ2) is 6.23. The van der Waals surface area contributed by atoms with Crippen LogP contribution < -0.4 is 0 Å².